The van der Waals surface area contributed by atoms with Crippen molar-refractivity contribution in [3.63, 3.8) is 0 Å². The number of phenolic OH excluding ortho intramolecular Hbond substituents is 1. The zero-order chi connectivity index (χ0) is 14.5. The van der Waals surface area contributed by atoms with E-state index in [1.165, 1.54) is 12.1 Å². The lowest BCUT2D eigenvalue weighted by Gasteiger charge is -2.17. The average molecular weight is 273 g/mol. The largest absolute Gasteiger partial charge is 0.508 e. The summed E-state index contributed by atoms with van der Waals surface area (Å²) in [5, 5.41) is 9.65. The Morgan fingerprint density at radius 2 is 1.80 bits per heavy atom. The minimum Gasteiger partial charge on any atom is -0.508 e. The molecule has 3 nitrogen and oxygen atoms in total. The number of nitrogens with zero attached hydrogens (tertiary/aromatic N) is 1. The predicted molar refractivity (Wildman–Crippen MR) is 74.7 cm³/mol. The highest BCUT2D eigenvalue weighted by molar-refractivity contribution is 5.79. The van der Waals surface area contributed by atoms with Crippen molar-refractivity contribution < 1.29 is 14.3 Å². The van der Waals surface area contributed by atoms with Crippen LogP contribution in [0, 0.1) is 5.82 Å². The van der Waals surface area contributed by atoms with Gasteiger partial charge in [-0.25, -0.2) is 4.39 Å². The van der Waals surface area contributed by atoms with Crippen LogP contribution in [0.3, 0.4) is 0 Å². The second-order valence-corrected chi connectivity index (χ2v) is 4.68. The Kier molecular flexibility index (Phi) is 4.35. The molecule has 1 amide bonds. The number of amides is 1. The van der Waals surface area contributed by atoms with E-state index in [0.29, 0.717) is 12.1 Å². The lowest BCUT2D eigenvalue weighted by molar-refractivity contribution is -0.129. The van der Waals surface area contributed by atoms with Gasteiger partial charge in [0.1, 0.15) is 11.6 Å². The fraction of sp³-hybridized carbons (Fsp3) is 0.188. The first kappa shape index (κ1) is 14.1. The molecule has 4 heteroatoms. The third-order valence-electron chi connectivity index (χ3n) is 3.09. The number of halogens is 1. The summed E-state index contributed by atoms with van der Waals surface area (Å²) < 4.78 is 12.8. The number of carbonyl (C=O) groups excluding carboxylic acids is 1. The highest BCUT2D eigenvalue weighted by Crippen LogP contribution is 2.17. The lowest BCUT2D eigenvalue weighted by atomic mass is 10.1. The SMILES string of the molecule is CN(Cc1ccc(F)cc1)C(=O)Cc1ccccc1O. The Labute approximate surface area is 117 Å². The predicted octanol–water partition coefficient (Wildman–Crippen LogP) is 2.73. The molecule has 0 fully saturated rings. The van der Waals surface area contributed by atoms with Crippen LogP contribution in [0.25, 0.3) is 0 Å². The average Bonchev–Trinajstić information content (AvgIpc) is 2.44. The second kappa shape index (κ2) is 6.19. The Hall–Kier alpha value is -2.36. The monoisotopic (exact) mass is 273 g/mol. The molecular formula is C16H16FNO2. The van der Waals surface area contributed by atoms with Crippen LogP contribution in [0.4, 0.5) is 4.39 Å². The van der Waals surface area contributed by atoms with Crippen molar-refractivity contribution in [2.75, 3.05) is 7.05 Å². The van der Waals surface area contributed by atoms with Gasteiger partial charge in [0.05, 0.1) is 6.42 Å². The van der Waals surface area contributed by atoms with Crippen LogP contribution in [-0.4, -0.2) is 23.0 Å². The van der Waals surface area contributed by atoms with Gasteiger partial charge in [-0.05, 0) is 23.8 Å². The number of aromatic hydroxyl groups is 1. The third-order valence-corrected chi connectivity index (χ3v) is 3.09. The molecule has 0 atom stereocenters. The van der Waals surface area contributed by atoms with Crippen molar-refractivity contribution in [2.24, 2.45) is 0 Å². The molecule has 2 aromatic rings. The maximum atomic E-state index is 12.8. The van der Waals surface area contributed by atoms with E-state index in [-0.39, 0.29) is 23.9 Å². The van der Waals surface area contributed by atoms with Crippen molar-refractivity contribution in [1.82, 2.24) is 4.90 Å². The van der Waals surface area contributed by atoms with Gasteiger partial charge in [0.25, 0.3) is 0 Å². The molecule has 2 rings (SSSR count). The Balaban J connectivity index is 1.99. The molecule has 0 spiro atoms. The zero-order valence-corrected chi connectivity index (χ0v) is 11.2. The number of para-hydroxylation sites is 1. The number of carbonyl (C=O) groups is 1. The first-order chi connectivity index (χ1) is 9.56. The first-order valence-corrected chi connectivity index (χ1v) is 6.31. The highest BCUT2D eigenvalue weighted by atomic mass is 19.1. The molecular weight excluding hydrogens is 257 g/mol. The molecule has 0 unspecified atom stereocenters. The van der Waals surface area contributed by atoms with Crippen LogP contribution in [0.1, 0.15) is 11.1 Å². The molecule has 0 aliphatic heterocycles. The molecule has 104 valence electrons. The van der Waals surface area contributed by atoms with E-state index < -0.39 is 0 Å². The van der Waals surface area contributed by atoms with E-state index in [4.69, 9.17) is 0 Å². The number of rotatable bonds is 4. The van der Waals surface area contributed by atoms with Crippen LogP contribution in [0.2, 0.25) is 0 Å². The van der Waals surface area contributed by atoms with Gasteiger partial charge in [0.2, 0.25) is 5.91 Å². The minimum absolute atomic E-state index is 0.101. The van der Waals surface area contributed by atoms with Gasteiger partial charge in [-0.2, -0.15) is 0 Å². The van der Waals surface area contributed by atoms with Gasteiger partial charge >= 0.3 is 0 Å². The summed E-state index contributed by atoms with van der Waals surface area (Å²) in [7, 11) is 1.69. The number of benzene rings is 2. The molecule has 1 N–H and O–H groups in total. The fourth-order valence-corrected chi connectivity index (χ4v) is 1.91. The van der Waals surface area contributed by atoms with Gasteiger partial charge < -0.3 is 10.0 Å². The van der Waals surface area contributed by atoms with Crippen molar-refractivity contribution in [1.29, 1.82) is 0 Å². The molecule has 0 bridgehead atoms. The topological polar surface area (TPSA) is 40.5 Å². The summed E-state index contributed by atoms with van der Waals surface area (Å²) in [4.78, 5) is 13.6. The summed E-state index contributed by atoms with van der Waals surface area (Å²) in [6.45, 7) is 0.409. The molecule has 20 heavy (non-hydrogen) atoms. The quantitative estimate of drug-likeness (QED) is 0.930. The van der Waals surface area contributed by atoms with Crippen LogP contribution in [-0.2, 0) is 17.8 Å². The minimum atomic E-state index is -0.295. The third kappa shape index (κ3) is 3.57. The Morgan fingerprint density at radius 1 is 1.15 bits per heavy atom. The van der Waals surface area contributed by atoms with E-state index in [2.05, 4.69) is 0 Å². The summed E-state index contributed by atoms with van der Waals surface area (Å²) in [5.41, 5.74) is 1.46. The van der Waals surface area contributed by atoms with Crippen LogP contribution in [0.15, 0.2) is 48.5 Å². The van der Waals surface area contributed by atoms with E-state index in [9.17, 15) is 14.3 Å². The molecule has 0 aliphatic rings. The van der Waals surface area contributed by atoms with Gasteiger partial charge in [0.15, 0.2) is 0 Å². The molecule has 0 radical (unpaired) electrons. The lowest BCUT2D eigenvalue weighted by Crippen LogP contribution is -2.27. The molecule has 2 aromatic carbocycles. The number of hydrogen-bond acceptors (Lipinski definition) is 2. The molecule has 0 aliphatic carbocycles. The van der Waals surface area contributed by atoms with Crippen LogP contribution >= 0.6 is 0 Å². The second-order valence-electron chi connectivity index (χ2n) is 4.68. The van der Waals surface area contributed by atoms with Crippen LogP contribution in [0.5, 0.6) is 5.75 Å². The van der Waals surface area contributed by atoms with Gasteiger partial charge in [-0.1, -0.05) is 30.3 Å². The van der Waals surface area contributed by atoms with Crippen molar-refractivity contribution >= 4 is 5.91 Å². The fourth-order valence-electron chi connectivity index (χ4n) is 1.91. The van der Waals surface area contributed by atoms with Crippen molar-refractivity contribution in [3.05, 3.63) is 65.5 Å². The van der Waals surface area contributed by atoms with E-state index in [0.717, 1.165) is 5.56 Å². The highest BCUT2D eigenvalue weighted by Gasteiger charge is 2.12. The van der Waals surface area contributed by atoms with Crippen molar-refractivity contribution in [2.45, 2.75) is 13.0 Å². The Bertz CT molecular complexity index is 596. The number of hydrogen-bond donors (Lipinski definition) is 1. The van der Waals surface area contributed by atoms with Gasteiger partial charge in [-0.15, -0.1) is 0 Å². The van der Waals surface area contributed by atoms with Crippen molar-refractivity contribution in [3.8, 4) is 5.75 Å². The smallest absolute Gasteiger partial charge is 0.227 e. The number of likely N-dealkylation sites (N-methyl/N-ethyl adjacent to an activating group) is 1. The maximum Gasteiger partial charge on any atom is 0.227 e. The normalized spacial score (nSPS) is 10.3. The molecule has 0 aromatic heterocycles. The summed E-state index contributed by atoms with van der Waals surface area (Å²) >= 11 is 0. The number of phenols is 1. The summed E-state index contributed by atoms with van der Waals surface area (Å²) in [6.07, 6.45) is 0.143. The van der Waals surface area contributed by atoms with E-state index in [1.54, 1.807) is 48.3 Å². The van der Waals surface area contributed by atoms with E-state index >= 15 is 0 Å². The first-order valence-electron chi connectivity index (χ1n) is 6.31. The van der Waals surface area contributed by atoms with E-state index in [1.807, 2.05) is 0 Å². The summed E-state index contributed by atoms with van der Waals surface area (Å²) in [6, 6.07) is 12.8. The molecule has 0 saturated carbocycles. The van der Waals surface area contributed by atoms with Gasteiger partial charge in [-0.3, -0.25) is 4.79 Å². The van der Waals surface area contributed by atoms with Gasteiger partial charge in [0, 0.05) is 19.2 Å². The standard InChI is InChI=1S/C16H16FNO2/c1-18(11-12-6-8-14(17)9-7-12)16(20)10-13-4-2-3-5-15(13)19/h2-9,19H,10-11H2,1H3. The zero-order valence-electron chi connectivity index (χ0n) is 11.2. The molecule has 0 saturated heterocycles. The maximum absolute atomic E-state index is 12.8. The summed E-state index contributed by atoms with van der Waals surface area (Å²) in [5.74, 6) is -0.274. The van der Waals surface area contributed by atoms with Crippen LogP contribution < -0.4 is 0 Å². The Morgan fingerprint density at radius 3 is 2.45 bits per heavy atom. The molecule has 0 heterocycles.